The third-order valence-corrected chi connectivity index (χ3v) is 4.61. The first-order valence-corrected chi connectivity index (χ1v) is 9.00. The first-order valence-electron chi connectivity index (χ1n) is 9.00. The molecule has 26 heavy (non-hydrogen) atoms. The minimum atomic E-state index is 0.0273. The molecular formula is C19H22N6O. The van der Waals surface area contributed by atoms with E-state index in [0.717, 1.165) is 47.9 Å². The number of benzene rings is 1. The molecule has 1 aliphatic rings. The predicted octanol–water partition coefficient (Wildman–Crippen LogP) is 3.38. The molecule has 7 heteroatoms. The largest absolute Gasteiger partial charge is 0.390 e. The van der Waals surface area contributed by atoms with Crippen LogP contribution in [0.15, 0.2) is 48.1 Å². The normalized spacial score (nSPS) is 16.5. The molecule has 0 bridgehead atoms. The zero-order valence-electron chi connectivity index (χ0n) is 15.0. The molecule has 7 nitrogen and oxygen atoms in total. The highest BCUT2D eigenvalue weighted by atomic mass is 16.6. The van der Waals surface area contributed by atoms with Crippen molar-refractivity contribution < 1.29 is 4.84 Å². The number of hydrogen-bond acceptors (Lipinski definition) is 5. The van der Waals surface area contributed by atoms with Crippen molar-refractivity contribution in [3.63, 3.8) is 0 Å². The summed E-state index contributed by atoms with van der Waals surface area (Å²) in [5.74, 6) is 0.818. The van der Waals surface area contributed by atoms with Crippen molar-refractivity contribution in [2.45, 2.75) is 45.9 Å². The van der Waals surface area contributed by atoms with Crippen molar-refractivity contribution >= 4 is 5.71 Å². The lowest BCUT2D eigenvalue weighted by Crippen LogP contribution is -2.17. The van der Waals surface area contributed by atoms with Gasteiger partial charge in [0.15, 0.2) is 11.9 Å². The van der Waals surface area contributed by atoms with Crippen LogP contribution < -0.4 is 0 Å². The highest BCUT2D eigenvalue weighted by Crippen LogP contribution is 2.31. The van der Waals surface area contributed by atoms with Gasteiger partial charge in [-0.05, 0) is 13.3 Å². The van der Waals surface area contributed by atoms with Crippen LogP contribution in [-0.2, 0) is 17.9 Å². The van der Waals surface area contributed by atoms with Crippen molar-refractivity contribution in [3.05, 3.63) is 43.0 Å². The van der Waals surface area contributed by atoms with Gasteiger partial charge in [0.25, 0.3) is 0 Å². The number of aromatic nitrogens is 5. The van der Waals surface area contributed by atoms with E-state index in [9.17, 15) is 0 Å². The molecule has 0 amide bonds. The fourth-order valence-electron chi connectivity index (χ4n) is 3.25. The van der Waals surface area contributed by atoms with E-state index in [1.165, 1.54) is 0 Å². The van der Waals surface area contributed by atoms with Gasteiger partial charge < -0.3 is 9.40 Å². The van der Waals surface area contributed by atoms with E-state index >= 15 is 0 Å². The highest BCUT2D eigenvalue weighted by Gasteiger charge is 2.25. The van der Waals surface area contributed by atoms with E-state index < -0.39 is 0 Å². The second-order valence-electron chi connectivity index (χ2n) is 6.30. The molecule has 1 unspecified atom stereocenters. The Morgan fingerprint density at radius 3 is 2.73 bits per heavy atom. The maximum Gasteiger partial charge on any atom is 0.177 e. The molecule has 3 heterocycles. The Balaban J connectivity index is 1.74. The maximum absolute atomic E-state index is 5.60. The van der Waals surface area contributed by atoms with Crippen molar-refractivity contribution in [1.82, 2.24) is 24.3 Å². The van der Waals surface area contributed by atoms with Gasteiger partial charge in [0.1, 0.15) is 12.0 Å². The van der Waals surface area contributed by atoms with Gasteiger partial charge in [0.05, 0.1) is 24.3 Å². The van der Waals surface area contributed by atoms with Crippen LogP contribution in [0.4, 0.5) is 0 Å². The zero-order valence-corrected chi connectivity index (χ0v) is 15.0. The molecular weight excluding hydrogens is 328 g/mol. The fraction of sp³-hybridized carbons (Fsp3) is 0.368. The summed E-state index contributed by atoms with van der Waals surface area (Å²) in [4.78, 5) is 14.8. The molecule has 2 aromatic heterocycles. The van der Waals surface area contributed by atoms with Gasteiger partial charge >= 0.3 is 0 Å². The number of hydrogen-bond donors (Lipinski definition) is 0. The third-order valence-electron chi connectivity index (χ3n) is 4.61. The Bertz CT molecular complexity index is 911. The molecule has 0 N–H and O–H groups in total. The smallest absolute Gasteiger partial charge is 0.177 e. The predicted molar refractivity (Wildman–Crippen MR) is 99.6 cm³/mol. The summed E-state index contributed by atoms with van der Waals surface area (Å²) >= 11 is 0. The monoisotopic (exact) mass is 350 g/mol. The molecule has 1 aromatic carbocycles. The standard InChI is InChI=1S/C19H22N6O/c1-3-15-10-16(26-23-15)11-24-13-21-17(14-8-6-5-7-9-14)18(24)19-20-12-22-25(19)4-2/h5-9,12-13,16H,3-4,10-11H2,1-2H3. The minimum absolute atomic E-state index is 0.0273. The Hall–Kier alpha value is -2.96. The van der Waals surface area contributed by atoms with Gasteiger partial charge in [-0.25, -0.2) is 14.6 Å². The molecule has 0 fully saturated rings. The van der Waals surface area contributed by atoms with Gasteiger partial charge in [-0.15, -0.1) is 0 Å². The number of nitrogens with zero attached hydrogens (tertiary/aromatic N) is 6. The molecule has 134 valence electrons. The van der Waals surface area contributed by atoms with Gasteiger partial charge in [-0.3, -0.25) is 0 Å². The van der Waals surface area contributed by atoms with Crippen LogP contribution in [0.1, 0.15) is 26.7 Å². The van der Waals surface area contributed by atoms with E-state index in [4.69, 9.17) is 4.84 Å². The Morgan fingerprint density at radius 2 is 2.00 bits per heavy atom. The Kier molecular flexibility index (Phi) is 4.51. The van der Waals surface area contributed by atoms with E-state index in [2.05, 4.69) is 50.8 Å². The van der Waals surface area contributed by atoms with E-state index in [-0.39, 0.29) is 6.10 Å². The van der Waals surface area contributed by atoms with E-state index in [1.54, 1.807) is 6.33 Å². The summed E-state index contributed by atoms with van der Waals surface area (Å²) in [6, 6.07) is 10.2. The molecule has 1 atom stereocenters. The first kappa shape index (κ1) is 16.5. The molecule has 3 aromatic rings. The average Bonchev–Trinajstić information content (AvgIpc) is 3.41. The highest BCUT2D eigenvalue weighted by molar-refractivity contribution is 5.85. The molecule has 0 saturated heterocycles. The summed E-state index contributed by atoms with van der Waals surface area (Å²) in [6.45, 7) is 5.59. The maximum atomic E-state index is 5.60. The number of oxime groups is 1. The van der Waals surface area contributed by atoms with Gasteiger partial charge in [-0.2, -0.15) is 5.10 Å². The lowest BCUT2D eigenvalue weighted by molar-refractivity contribution is 0.0727. The van der Waals surface area contributed by atoms with Crippen molar-refractivity contribution in [2.24, 2.45) is 5.16 Å². The number of aryl methyl sites for hydroxylation is 1. The fourth-order valence-corrected chi connectivity index (χ4v) is 3.25. The second-order valence-corrected chi connectivity index (χ2v) is 6.30. The quantitative estimate of drug-likeness (QED) is 0.683. The topological polar surface area (TPSA) is 70.1 Å². The molecule has 0 radical (unpaired) electrons. The molecule has 0 spiro atoms. The molecule has 0 aliphatic carbocycles. The van der Waals surface area contributed by atoms with Gasteiger partial charge in [0.2, 0.25) is 0 Å². The number of imidazole rings is 1. The molecule has 4 rings (SSSR count). The van der Waals surface area contributed by atoms with Crippen LogP contribution >= 0.6 is 0 Å². The minimum Gasteiger partial charge on any atom is -0.390 e. The van der Waals surface area contributed by atoms with E-state index in [1.807, 2.05) is 29.2 Å². The van der Waals surface area contributed by atoms with Gasteiger partial charge in [0, 0.05) is 18.5 Å². The van der Waals surface area contributed by atoms with E-state index in [0.29, 0.717) is 6.54 Å². The third kappa shape index (κ3) is 3.00. The van der Waals surface area contributed by atoms with Crippen LogP contribution in [0.25, 0.3) is 22.8 Å². The Morgan fingerprint density at radius 1 is 1.15 bits per heavy atom. The van der Waals surface area contributed by atoms with Crippen LogP contribution in [-0.4, -0.2) is 36.1 Å². The SMILES string of the molecule is CCC1=NOC(Cn2cnc(-c3ccccc3)c2-c2ncnn2CC)C1. The van der Waals surface area contributed by atoms with Crippen LogP contribution in [0.2, 0.25) is 0 Å². The van der Waals surface area contributed by atoms with Crippen LogP contribution in [0, 0.1) is 0 Å². The van der Waals surface area contributed by atoms with Crippen molar-refractivity contribution in [1.29, 1.82) is 0 Å². The summed E-state index contributed by atoms with van der Waals surface area (Å²) in [5.41, 5.74) is 4.04. The summed E-state index contributed by atoms with van der Waals surface area (Å²) < 4.78 is 4.00. The van der Waals surface area contributed by atoms with Crippen molar-refractivity contribution in [2.75, 3.05) is 0 Å². The Labute approximate surface area is 152 Å². The lowest BCUT2D eigenvalue weighted by Gasteiger charge is -2.13. The first-order chi connectivity index (χ1) is 12.8. The second kappa shape index (κ2) is 7.11. The summed E-state index contributed by atoms with van der Waals surface area (Å²) in [7, 11) is 0. The number of rotatable bonds is 6. The molecule has 0 saturated carbocycles. The lowest BCUT2D eigenvalue weighted by atomic mass is 10.1. The van der Waals surface area contributed by atoms with Crippen LogP contribution in [0.5, 0.6) is 0 Å². The molecule has 1 aliphatic heterocycles. The zero-order chi connectivity index (χ0) is 17.9. The van der Waals surface area contributed by atoms with Crippen LogP contribution in [0.3, 0.4) is 0 Å². The average molecular weight is 350 g/mol. The van der Waals surface area contributed by atoms with Crippen molar-refractivity contribution in [3.8, 4) is 22.8 Å². The summed E-state index contributed by atoms with van der Waals surface area (Å²) in [5, 5.41) is 8.51. The summed E-state index contributed by atoms with van der Waals surface area (Å²) in [6.07, 6.45) is 5.26. The van der Waals surface area contributed by atoms with Gasteiger partial charge in [-0.1, -0.05) is 42.4 Å².